The van der Waals surface area contributed by atoms with Crippen LogP contribution in [0.3, 0.4) is 0 Å². The lowest BCUT2D eigenvalue weighted by Crippen LogP contribution is -2.32. The number of aliphatic hydroxyl groups is 1. The van der Waals surface area contributed by atoms with Crippen molar-refractivity contribution in [1.82, 2.24) is 20.3 Å². The summed E-state index contributed by atoms with van der Waals surface area (Å²) in [6.45, 7) is 2.32. The zero-order valence-corrected chi connectivity index (χ0v) is 12.4. The van der Waals surface area contributed by atoms with E-state index >= 15 is 0 Å². The molecule has 1 aromatic heterocycles. The Morgan fingerprint density at radius 1 is 1.43 bits per heavy atom. The Morgan fingerprint density at radius 2 is 2.33 bits per heavy atom. The molecule has 1 atom stereocenters. The fourth-order valence-corrected chi connectivity index (χ4v) is 1.98. The maximum Gasteiger partial charge on any atom is 0.120 e. The van der Waals surface area contributed by atoms with Crippen molar-refractivity contribution >= 4 is 11.6 Å². The van der Waals surface area contributed by atoms with Crippen molar-refractivity contribution in [3.8, 4) is 5.75 Å². The van der Waals surface area contributed by atoms with Crippen LogP contribution in [0.2, 0.25) is 5.02 Å². The molecule has 0 amide bonds. The molecule has 2 aromatic rings. The average Bonchev–Trinajstić information content (AvgIpc) is 2.98. The predicted octanol–water partition coefficient (Wildman–Crippen LogP) is 1.35. The van der Waals surface area contributed by atoms with Crippen LogP contribution in [0.4, 0.5) is 0 Å². The summed E-state index contributed by atoms with van der Waals surface area (Å²) in [7, 11) is 0. The van der Waals surface area contributed by atoms with Gasteiger partial charge in [-0.05, 0) is 31.2 Å². The van der Waals surface area contributed by atoms with E-state index in [0.29, 0.717) is 17.3 Å². The lowest BCUT2D eigenvalue weighted by Gasteiger charge is -2.13. The molecule has 2 rings (SSSR count). The molecule has 7 heteroatoms. The van der Waals surface area contributed by atoms with Crippen LogP contribution in [0.5, 0.6) is 5.75 Å². The van der Waals surface area contributed by atoms with Gasteiger partial charge in [-0.2, -0.15) is 0 Å². The Kier molecular flexibility index (Phi) is 6.46. The molecule has 1 heterocycles. The number of halogens is 1. The Balaban J connectivity index is 1.54. The van der Waals surface area contributed by atoms with Gasteiger partial charge in [0.15, 0.2) is 0 Å². The summed E-state index contributed by atoms with van der Waals surface area (Å²) in [5.74, 6) is 0.660. The van der Waals surface area contributed by atoms with E-state index in [1.165, 1.54) is 0 Å². The van der Waals surface area contributed by atoms with Gasteiger partial charge in [0.2, 0.25) is 0 Å². The van der Waals surface area contributed by atoms with E-state index < -0.39 is 6.10 Å². The van der Waals surface area contributed by atoms with Crippen molar-refractivity contribution in [2.24, 2.45) is 0 Å². The standard InChI is InChI=1S/C14H19ClN4O2/c15-12-3-1-4-14(9-12)21-11-13(20)10-16-5-2-7-19-8-6-17-18-19/h1,3-4,6,8-9,13,16,20H,2,5,7,10-11H2. The van der Waals surface area contributed by atoms with Gasteiger partial charge >= 0.3 is 0 Å². The second-order valence-corrected chi connectivity index (χ2v) is 5.08. The Morgan fingerprint density at radius 3 is 3.10 bits per heavy atom. The number of hydrogen-bond acceptors (Lipinski definition) is 5. The van der Waals surface area contributed by atoms with Crippen molar-refractivity contribution in [2.75, 3.05) is 19.7 Å². The van der Waals surface area contributed by atoms with Crippen LogP contribution in [-0.2, 0) is 6.54 Å². The number of hydrogen-bond donors (Lipinski definition) is 2. The lowest BCUT2D eigenvalue weighted by molar-refractivity contribution is 0.106. The highest BCUT2D eigenvalue weighted by Crippen LogP contribution is 2.17. The van der Waals surface area contributed by atoms with Gasteiger partial charge in [-0.3, -0.25) is 4.68 Å². The minimum atomic E-state index is -0.560. The Bertz CT molecular complexity index is 521. The van der Waals surface area contributed by atoms with Gasteiger partial charge in [-0.25, -0.2) is 0 Å². The molecule has 0 radical (unpaired) electrons. The van der Waals surface area contributed by atoms with E-state index in [-0.39, 0.29) is 6.61 Å². The van der Waals surface area contributed by atoms with Crippen molar-refractivity contribution < 1.29 is 9.84 Å². The number of ether oxygens (including phenoxy) is 1. The first-order valence-electron chi connectivity index (χ1n) is 6.85. The first-order chi connectivity index (χ1) is 10.2. The molecule has 1 unspecified atom stereocenters. The van der Waals surface area contributed by atoms with Crippen LogP contribution < -0.4 is 10.1 Å². The van der Waals surface area contributed by atoms with E-state index in [1.54, 1.807) is 23.0 Å². The molecule has 0 aliphatic heterocycles. The Hall–Kier alpha value is -1.63. The molecule has 0 saturated carbocycles. The molecule has 0 spiro atoms. The smallest absolute Gasteiger partial charge is 0.120 e. The van der Waals surface area contributed by atoms with Crippen LogP contribution in [0.1, 0.15) is 6.42 Å². The summed E-state index contributed by atoms with van der Waals surface area (Å²) in [6.07, 6.45) is 3.85. The topological polar surface area (TPSA) is 72.2 Å². The largest absolute Gasteiger partial charge is 0.491 e. The highest BCUT2D eigenvalue weighted by molar-refractivity contribution is 6.30. The minimum absolute atomic E-state index is 0.233. The highest BCUT2D eigenvalue weighted by atomic mass is 35.5. The van der Waals surface area contributed by atoms with Crippen LogP contribution in [0.15, 0.2) is 36.7 Å². The van der Waals surface area contributed by atoms with E-state index in [1.807, 2.05) is 18.3 Å². The number of aromatic nitrogens is 3. The number of rotatable bonds is 9. The molecule has 0 bridgehead atoms. The van der Waals surface area contributed by atoms with Gasteiger partial charge in [0.25, 0.3) is 0 Å². The molecule has 6 nitrogen and oxygen atoms in total. The molecule has 0 aliphatic rings. The van der Waals surface area contributed by atoms with E-state index in [4.69, 9.17) is 16.3 Å². The van der Waals surface area contributed by atoms with Gasteiger partial charge in [-0.15, -0.1) is 5.10 Å². The summed E-state index contributed by atoms with van der Waals surface area (Å²) < 4.78 is 7.25. The van der Waals surface area contributed by atoms with E-state index in [0.717, 1.165) is 19.5 Å². The summed E-state index contributed by atoms with van der Waals surface area (Å²) in [5, 5.41) is 21.2. The maximum atomic E-state index is 9.82. The second kappa shape index (κ2) is 8.61. The van der Waals surface area contributed by atoms with Crippen molar-refractivity contribution in [3.05, 3.63) is 41.7 Å². The molecular weight excluding hydrogens is 292 g/mol. The summed E-state index contributed by atoms with van der Waals surface area (Å²) in [4.78, 5) is 0. The fourth-order valence-electron chi connectivity index (χ4n) is 1.79. The zero-order valence-electron chi connectivity index (χ0n) is 11.7. The molecule has 21 heavy (non-hydrogen) atoms. The van der Waals surface area contributed by atoms with Gasteiger partial charge in [0.1, 0.15) is 18.5 Å². The number of nitrogens with zero attached hydrogens (tertiary/aromatic N) is 3. The van der Waals surface area contributed by atoms with Gasteiger partial charge in [0.05, 0.1) is 6.20 Å². The normalized spacial score (nSPS) is 12.3. The fraction of sp³-hybridized carbons (Fsp3) is 0.429. The molecule has 114 valence electrons. The molecule has 1 aromatic carbocycles. The summed E-state index contributed by atoms with van der Waals surface area (Å²) in [5.41, 5.74) is 0. The minimum Gasteiger partial charge on any atom is -0.491 e. The molecule has 0 fully saturated rings. The van der Waals surface area contributed by atoms with Gasteiger partial charge in [-0.1, -0.05) is 22.9 Å². The molecule has 2 N–H and O–H groups in total. The van der Waals surface area contributed by atoms with Crippen LogP contribution in [-0.4, -0.2) is 45.9 Å². The van der Waals surface area contributed by atoms with Gasteiger partial charge in [0, 0.05) is 24.3 Å². The van der Waals surface area contributed by atoms with Crippen molar-refractivity contribution in [2.45, 2.75) is 19.1 Å². The van der Waals surface area contributed by atoms with Crippen molar-refractivity contribution in [1.29, 1.82) is 0 Å². The van der Waals surface area contributed by atoms with Crippen LogP contribution in [0, 0.1) is 0 Å². The lowest BCUT2D eigenvalue weighted by atomic mass is 10.3. The first kappa shape index (κ1) is 15.8. The monoisotopic (exact) mass is 310 g/mol. The first-order valence-corrected chi connectivity index (χ1v) is 7.23. The predicted molar refractivity (Wildman–Crippen MR) is 80.5 cm³/mol. The van der Waals surface area contributed by atoms with E-state index in [2.05, 4.69) is 15.6 Å². The second-order valence-electron chi connectivity index (χ2n) is 4.65. The summed E-state index contributed by atoms with van der Waals surface area (Å²) >= 11 is 5.85. The van der Waals surface area contributed by atoms with Crippen LogP contribution >= 0.6 is 11.6 Å². The third-order valence-corrected chi connectivity index (χ3v) is 3.07. The zero-order chi connectivity index (χ0) is 14.9. The van der Waals surface area contributed by atoms with E-state index in [9.17, 15) is 5.11 Å². The number of aliphatic hydroxyl groups excluding tert-OH is 1. The summed E-state index contributed by atoms with van der Waals surface area (Å²) in [6, 6.07) is 7.12. The van der Waals surface area contributed by atoms with Crippen molar-refractivity contribution in [3.63, 3.8) is 0 Å². The average molecular weight is 311 g/mol. The van der Waals surface area contributed by atoms with Gasteiger partial charge < -0.3 is 15.2 Å². The highest BCUT2D eigenvalue weighted by Gasteiger charge is 2.05. The molecule has 0 aliphatic carbocycles. The molecular formula is C14H19ClN4O2. The third kappa shape index (κ3) is 6.12. The molecule has 0 saturated heterocycles. The third-order valence-electron chi connectivity index (χ3n) is 2.83. The number of benzene rings is 1. The SMILES string of the molecule is OC(CNCCCn1ccnn1)COc1cccc(Cl)c1. The van der Waals surface area contributed by atoms with Crippen LogP contribution in [0.25, 0.3) is 0 Å². The quantitative estimate of drug-likeness (QED) is 0.684. The maximum absolute atomic E-state index is 9.82. The Labute approximate surface area is 128 Å². The number of nitrogens with one attached hydrogen (secondary N) is 1. The number of aryl methyl sites for hydroxylation is 1.